The summed E-state index contributed by atoms with van der Waals surface area (Å²) in [4.78, 5) is 58.5. The molecule has 3 aliphatic rings. The number of hydrogen-bond acceptors (Lipinski definition) is 19. The second-order valence-electron chi connectivity index (χ2n) is 23.7. The molecule has 0 amide bonds. The molecule has 19 heteroatoms. The van der Waals surface area contributed by atoms with Gasteiger partial charge in [-0.1, -0.05) is 194 Å². The van der Waals surface area contributed by atoms with Crippen LogP contribution in [0.4, 0.5) is 0 Å². The van der Waals surface area contributed by atoms with Crippen LogP contribution in [0.3, 0.4) is 0 Å². The highest BCUT2D eigenvalue weighted by atomic mass is 16.8. The standard InChI is InChI=1S/C80H76O19/c1-53-66(87-48-55-29-13-4-14-30-55)69(88-49-56-31-15-5-16-32-56)71(89-50-57-33-17-6-18-34-57)79(92-53)99-72-67(64(86-47-54-27-11-3-12-28-54)51-91-78(72)93-63-45-43-62(85-2)44-46-63)98-80-73(97-77(84)61-41-25-10-26-42-61)70(96-76(83)60-39-23-9-24-40-60)68(95-75(82)59-37-21-8-22-38-59)65(94-80)52-90-74(81)58-35-19-7-20-36-58/h3-46,53,64-73,78-80H,47-52H2,1-2H3/t53-,64+,65+,66-,67-,68+,69+,70-,71+,72-,73+,78+,79-,80-/m0/s1. The van der Waals surface area contributed by atoms with Gasteiger partial charge in [-0.25, -0.2) is 19.2 Å². The van der Waals surface area contributed by atoms with Crippen LogP contribution in [0.1, 0.15) is 70.6 Å². The molecule has 3 heterocycles. The average molecular weight is 1340 g/mol. The zero-order valence-electron chi connectivity index (χ0n) is 54.5. The fraction of sp³-hybridized carbons (Fsp3) is 0.275. The van der Waals surface area contributed by atoms with Gasteiger partial charge in [0.1, 0.15) is 54.7 Å². The number of methoxy groups -OCH3 is 1. The summed E-state index contributed by atoms with van der Waals surface area (Å²) in [6.45, 7) is 1.40. The first-order valence-corrected chi connectivity index (χ1v) is 32.8. The molecular weight excluding hydrogens is 1260 g/mol. The van der Waals surface area contributed by atoms with E-state index in [1.165, 1.54) is 36.4 Å². The Morgan fingerprint density at radius 1 is 0.354 bits per heavy atom. The van der Waals surface area contributed by atoms with E-state index in [4.69, 9.17) is 71.1 Å². The summed E-state index contributed by atoms with van der Waals surface area (Å²) in [5.74, 6) is -2.60. The molecule has 19 nitrogen and oxygen atoms in total. The molecule has 0 aliphatic carbocycles. The number of ether oxygens (including phenoxy) is 15. The number of carbonyl (C=O) groups is 4. The summed E-state index contributed by atoms with van der Waals surface area (Å²) in [6.07, 6.45) is -19.1. The molecule has 3 saturated heterocycles. The van der Waals surface area contributed by atoms with Crippen molar-refractivity contribution in [2.24, 2.45) is 0 Å². The van der Waals surface area contributed by atoms with Crippen molar-refractivity contribution in [3.05, 3.63) is 311 Å². The predicted molar refractivity (Wildman–Crippen MR) is 360 cm³/mol. The summed E-state index contributed by atoms with van der Waals surface area (Å²) >= 11 is 0. The lowest BCUT2D eigenvalue weighted by Gasteiger charge is -2.50. The molecule has 510 valence electrons. The van der Waals surface area contributed by atoms with Crippen LogP contribution in [0, 0.1) is 0 Å². The third kappa shape index (κ3) is 18.5. The first-order valence-electron chi connectivity index (χ1n) is 32.8. The molecule has 3 aliphatic heterocycles. The van der Waals surface area contributed by atoms with Crippen LogP contribution in [0.15, 0.2) is 267 Å². The molecule has 0 aromatic heterocycles. The van der Waals surface area contributed by atoms with Crippen LogP contribution in [0.2, 0.25) is 0 Å². The highest BCUT2D eigenvalue weighted by Crippen LogP contribution is 2.39. The topological polar surface area (TPSA) is 207 Å². The van der Waals surface area contributed by atoms with Crippen molar-refractivity contribution in [2.75, 3.05) is 20.3 Å². The van der Waals surface area contributed by atoms with Gasteiger partial charge in [0.2, 0.25) is 6.29 Å². The van der Waals surface area contributed by atoms with E-state index in [2.05, 4.69) is 0 Å². The predicted octanol–water partition coefficient (Wildman–Crippen LogP) is 12.5. The van der Waals surface area contributed by atoms with Crippen LogP contribution in [0.25, 0.3) is 0 Å². The molecule has 3 fully saturated rings. The van der Waals surface area contributed by atoms with Gasteiger partial charge in [-0.2, -0.15) is 0 Å². The Morgan fingerprint density at radius 3 is 1.19 bits per heavy atom. The first-order chi connectivity index (χ1) is 48.6. The van der Waals surface area contributed by atoms with E-state index in [0.29, 0.717) is 11.5 Å². The summed E-state index contributed by atoms with van der Waals surface area (Å²) in [5.41, 5.74) is 3.89. The number of benzene rings is 9. The van der Waals surface area contributed by atoms with E-state index in [0.717, 1.165) is 22.3 Å². The molecule has 0 spiro atoms. The Morgan fingerprint density at radius 2 is 0.727 bits per heavy atom. The van der Waals surface area contributed by atoms with Gasteiger partial charge < -0.3 is 71.1 Å². The summed E-state index contributed by atoms with van der Waals surface area (Å²) < 4.78 is 102. The maximum Gasteiger partial charge on any atom is 0.338 e. The summed E-state index contributed by atoms with van der Waals surface area (Å²) in [5, 5.41) is 0. The zero-order valence-corrected chi connectivity index (χ0v) is 54.5. The molecule has 9 aromatic rings. The Balaban J connectivity index is 0.999. The van der Waals surface area contributed by atoms with Crippen molar-refractivity contribution in [3.63, 3.8) is 0 Å². The Kier molecular flexibility index (Phi) is 24.1. The quantitative estimate of drug-likeness (QED) is 0.0330. The third-order valence-corrected chi connectivity index (χ3v) is 16.9. The van der Waals surface area contributed by atoms with Gasteiger partial charge in [0, 0.05) is 0 Å². The Bertz CT molecular complexity index is 3940. The SMILES string of the molecule is COc1ccc(O[C@H]2OC[C@@H](OCc3ccccc3)[C@H](O[C@@H]3O[C@H](COC(=O)c4ccccc4)[C@@H](OC(=O)c4ccccc4)[C@H](OC(=O)c4ccccc4)[C@H]3OC(=O)c3ccccc3)[C@@H]2O[C@@H]2O[C@@H](C)[C@H](OCc3ccccc3)[C@@H](OCc3ccccc3)[C@H]2OCc2ccccc2)cc1. The minimum atomic E-state index is -1.87. The van der Waals surface area contributed by atoms with Gasteiger partial charge in [-0.05, 0) is 102 Å². The molecule has 99 heavy (non-hydrogen) atoms. The highest BCUT2D eigenvalue weighted by Gasteiger charge is 2.58. The second kappa shape index (κ2) is 34.5. The lowest BCUT2D eigenvalue weighted by molar-refractivity contribution is -0.381. The summed E-state index contributed by atoms with van der Waals surface area (Å²) in [7, 11) is 1.55. The van der Waals surface area contributed by atoms with E-state index in [9.17, 15) is 19.2 Å². The highest BCUT2D eigenvalue weighted by molar-refractivity contribution is 5.91. The summed E-state index contributed by atoms with van der Waals surface area (Å²) in [6, 6.07) is 77.9. The van der Waals surface area contributed by atoms with Gasteiger partial charge in [0.25, 0.3) is 0 Å². The number of rotatable bonds is 28. The van der Waals surface area contributed by atoms with Crippen molar-refractivity contribution in [3.8, 4) is 11.5 Å². The van der Waals surface area contributed by atoms with Gasteiger partial charge in [0.05, 0.1) is 68.5 Å². The van der Waals surface area contributed by atoms with Crippen LogP contribution >= 0.6 is 0 Å². The minimum absolute atomic E-state index is 0.00584. The van der Waals surface area contributed by atoms with Crippen LogP contribution in [0.5, 0.6) is 11.5 Å². The third-order valence-electron chi connectivity index (χ3n) is 16.9. The zero-order chi connectivity index (χ0) is 68.1. The molecular formula is C80H76O19. The van der Waals surface area contributed by atoms with Crippen molar-refractivity contribution >= 4 is 23.9 Å². The largest absolute Gasteiger partial charge is 0.497 e. The van der Waals surface area contributed by atoms with Gasteiger partial charge >= 0.3 is 23.9 Å². The van der Waals surface area contributed by atoms with E-state index in [-0.39, 0.29) is 55.3 Å². The molecule has 0 saturated carbocycles. The van der Waals surface area contributed by atoms with Crippen molar-refractivity contribution in [1.29, 1.82) is 0 Å². The maximum absolute atomic E-state index is 15.0. The number of esters is 4. The monoisotopic (exact) mass is 1340 g/mol. The van der Waals surface area contributed by atoms with Gasteiger partial charge in [-0.3, -0.25) is 0 Å². The molecule has 0 radical (unpaired) electrons. The van der Waals surface area contributed by atoms with Crippen LogP contribution in [-0.4, -0.2) is 130 Å². The fourth-order valence-corrected chi connectivity index (χ4v) is 11.8. The molecule has 0 unspecified atom stereocenters. The molecule has 12 rings (SSSR count). The van der Waals surface area contributed by atoms with E-state index in [1.54, 1.807) is 116 Å². The van der Waals surface area contributed by atoms with E-state index < -0.39 is 116 Å². The smallest absolute Gasteiger partial charge is 0.338 e. The Labute approximate surface area is 574 Å². The lowest BCUT2D eigenvalue weighted by Crippen LogP contribution is -2.67. The van der Waals surface area contributed by atoms with Crippen molar-refractivity contribution < 1.29 is 90.2 Å². The van der Waals surface area contributed by atoms with Crippen molar-refractivity contribution in [1.82, 2.24) is 0 Å². The van der Waals surface area contributed by atoms with Crippen LogP contribution < -0.4 is 9.47 Å². The fourth-order valence-electron chi connectivity index (χ4n) is 11.8. The molecule has 9 aromatic carbocycles. The minimum Gasteiger partial charge on any atom is -0.497 e. The van der Waals surface area contributed by atoms with Crippen LogP contribution in [-0.2, 0) is 88.0 Å². The first kappa shape index (κ1) is 69.0. The van der Waals surface area contributed by atoms with Gasteiger partial charge in [-0.15, -0.1) is 0 Å². The normalized spacial score (nSPS) is 24.3. The average Bonchev–Trinajstić information content (AvgIpc) is 0.770. The second-order valence-corrected chi connectivity index (χ2v) is 23.7. The maximum atomic E-state index is 15.0. The van der Waals surface area contributed by atoms with Crippen molar-refractivity contribution in [2.45, 2.75) is 119 Å². The number of hydrogen-bond donors (Lipinski definition) is 0. The lowest BCUT2D eigenvalue weighted by atomic mass is 9.96. The molecule has 0 N–H and O–H groups in total. The van der Waals surface area contributed by atoms with E-state index >= 15 is 0 Å². The Hall–Kier alpha value is -9.90. The number of carbonyl (C=O) groups excluding carboxylic acids is 4. The molecule has 14 atom stereocenters. The molecule has 0 bridgehead atoms. The van der Waals surface area contributed by atoms with E-state index in [1.807, 2.05) is 128 Å². The van der Waals surface area contributed by atoms with Gasteiger partial charge in [0.15, 0.2) is 37.0 Å².